The zero-order valence-electron chi connectivity index (χ0n) is 16.9. The fraction of sp³-hybridized carbons (Fsp3) is 0.700. The van der Waals surface area contributed by atoms with Crippen LogP contribution in [-0.2, 0) is 16.0 Å². The average Bonchev–Trinajstić information content (AvgIpc) is 2.61. The number of benzene rings is 1. The van der Waals surface area contributed by atoms with Crippen molar-refractivity contribution in [2.75, 3.05) is 54.2 Å². The third-order valence-electron chi connectivity index (χ3n) is 3.91. The lowest BCUT2D eigenvalue weighted by atomic mass is 10.1. The lowest BCUT2D eigenvalue weighted by Gasteiger charge is -2.25. The first-order valence-electron chi connectivity index (χ1n) is 9.18. The third kappa shape index (κ3) is 8.85. The molecule has 0 heterocycles. The van der Waals surface area contributed by atoms with E-state index < -0.39 is 6.10 Å². The average molecular weight is 370 g/mol. The van der Waals surface area contributed by atoms with E-state index in [0.717, 1.165) is 18.5 Å². The summed E-state index contributed by atoms with van der Waals surface area (Å²) in [6, 6.07) is 5.90. The van der Waals surface area contributed by atoms with Crippen molar-refractivity contribution < 1.29 is 24.1 Å². The number of nitrogens with zero attached hydrogens (tertiary/aromatic N) is 1. The molecule has 0 aliphatic carbocycles. The Morgan fingerprint density at radius 2 is 1.77 bits per heavy atom. The van der Waals surface area contributed by atoms with Crippen LogP contribution < -0.4 is 9.47 Å². The Hall–Kier alpha value is -1.34. The minimum atomic E-state index is -0.517. The van der Waals surface area contributed by atoms with Gasteiger partial charge in [0.05, 0.1) is 26.9 Å². The number of aliphatic hydroxyl groups excluding tert-OH is 1. The Morgan fingerprint density at radius 3 is 2.38 bits per heavy atom. The summed E-state index contributed by atoms with van der Waals surface area (Å²) in [6.45, 7) is 8.01. The number of ether oxygens (including phenoxy) is 4. The van der Waals surface area contributed by atoms with Gasteiger partial charge in [-0.2, -0.15) is 0 Å². The Morgan fingerprint density at radius 1 is 1.04 bits per heavy atom. The lowest BCUT2D eigenvalue weighted by molar-refractivity contribution is 0.00580. The molecule has 0 saturated heterocycles. The second-order valence-corrected chi connectivity index (χ2v) is 6.86. The first-order chi connectivity index (χ1) is 12.5. The van der Waals surface area contributed by atoms with E-state index in [1.807, 2.05) is 18.2 Å². The maximum atomic E-state index is 10.3. The van der Waals surface area contributed by atoms with Crippen LogP contribution in [0.4, 0.5) is 0 Å². The SMILES string of the molecule is COCCCN(Cc1ccc(OC)c(OC)c1)C[C@H](O)COCC(C)C. The van der Waals surface area contributed by atoms with E-state index in [9.17, 15) is 5.11 Å². The fourth-order valence-electron chi connectivity index (χ4n) is 2.70. The molecule has 0 fully saturated rings. The van der Waals surface area contributed by atoms with E-state index >= 15 is 0 Å². The van der Waals surface area contributed by atoms with Crippen LogP contribution >= 0.6 is 0 Å². The van der Waals surface area contributed by atoms with Crippen LogP contribution in [0, 0.1) is 5.92 Å². The normalized spacial score (nSPS) is 12.6. The standard InChI is InChI=1S/C20H35NO5/c1-16(2)14-26-15-18(22)13-21(9-6-10-23-3)12-17-7-8-19(24-4)20(11-17)25-5/h7-8,11,16,18,22H,6,9-10,12-15H2,1-5H3/t18-/m0/s1. The molecule has 1 aromatic rings. The van der Waals surface area contributed by atoms with E-state index in [1.54, 1.807) is 21.3 Å². The second kappa shape index (κ2) is 12.9. The molecular formula is C20H35NO5. The number of methoxy groups -OCH3 is 3. The molecule has 0 aromatic heterocycles. The Labute approximate surface area is 158 Å². The molecule has 0 radical (unpaired) electrons. The van der Waals surface area contributed by atoms with Gasteiger partial charge in [0, 0.05) is 40.0 Å². The van der Waals surface area contributed by atoms with Crippen LogP contribution in [0.5, 0.6) is 11.5 Å². The van der Waals surface area contributed by atoms with Crippen molar-refractivity contribution in [1.29, 1.82) is 0 Å². The summed E-state index contributed by atoms with van der Waals surface area (Å²) in [5.41, 5.74) is 1.11. The van der Waals surface area contributed by atoms with Crippen molar-refractivity contribution in [3.8, 4) is 11.5 Å². The molecule has 0 amide bonds. The van der Waals surface area contributed by atoms with Gasteiger partial charge in [-0.05, 0) is 30.0 Å². The highest BCUT2D eigenvalue weighted by atomic mass is 16.5. The van der Waals surface area contributed by atoms with E-state index in [2.05, 4.69) is 18.7 Å². The van der Waals surface area contributed by atoms with Crippen LogP contribution in [0.2, 0.25) is 0 Å². The number of hydrogen-bond acceptors (Lipinski definition) is 6. The summed E-state index contributed by atoms with van der Waals surface area (Å²) in [5, 5.41) is 10.3. The molecule has 26 heavy (non-hydrogen) atoms. The van der Waals surface area contributed by atoms with E-state index in [-0.39, 0.29) is 0 Å². The van der Waals surface area contributed by atoms with Gasteiger partial charge in [0.2, 0.25) is 0 Å². The molecule has 1 N–H and O–H groups in total. The van der Waals surface area contributed by atoms with Gasteiger partial charge in [-0.25, -0.2) is 0 Å². The van der Waals surface area contributed by atoms with Crippen LogP contribution in [-0.4, -0.2) is 70.3 Å². The van der Waals surface area contributed by atoms with Crippen molar-refractivity contribution in [2.24, 2.45) is 5.92 Å². The van der Waals surface area contributed by atoms with Crippen molar-refractivity contribution in [1.82, 2.24) is 4.90 Å². The highest BCUT2D eigenvalue weighted by Crippen LogP contribution is 2.28. The minimum absolute atomic E-state index is 0.352. The number of rotatable bonds is 14. The highest BCUT2D eigenvalue weighted by Gasteiger charge is 2.14. The summed E-state index contributed by atoms with van der Waals surface area (Å²) in [4.78, 5) is 2.21. The van der Waals surface area contributed by atoms with Gasteiger partial charge in [0.25, 0.3) is 0 Å². The van der Waals surface area contributed by atoms with Gasteiger partial charge >= 0.3 is 0 Å². The quantitative estimate of drug-likeness (QED) is 0.509. The molecule has 0 bridgehead atoms. The van der Waals surface area contributed by atoms with E-state index in [1.165, 1.54) is 0 Å². The molecule has 0 spiro atoms. The Balaban J connectivity index is 2.67. The summed E-state index contributed by atoms with van der Waals surface area (Å²) in [5.74, 6) is 1.89. The first-order valence-corrected chi connectivity index (χ1v) is 9.18. The Bertz CT molecular complexity index is 495. The van der Waals surface area contributed by atoms with Crippen molar-refractivity contribution in [3.05, 3.63) is 23.8 Å². The maximum Gasteiger partial charge on any atom is 0.161 e. The van der Waals surface area contributed by atoms with Crippen molar-refractivity contribution in [3.63, 3.8) is 0 Å². The third-order valence-corrected chi connectivity index (χ3v) is 3.91. The monoisotopic (exact) mass is 369 g/mol. The van der Waals surface area contributed by atoms with Gasteiger partial charge in [-0.1, -0.05) is 19.9 Å². The molecule has 1 atom stereocenters. The summed E-state index contributed by atoms with van der Waals surface area (Å²) in [7, 11) is 4.96. The van der Waals surface area contributed by atoms with E-state index in [4.69, 9.17) is 18.9 Å². The summed E-state index contributed by atoms with van der Waals surface area (Å²) in [6.07, 6.45) is 0.389. The van der Waals surface area contributed by atoms with Crippen LogP contribution in [0.1, 0.15) is 25.8 Å². The highest BCUT2D eigenvalue weighted by molar-refractivity contribution is 5.42. The molecule has 6 heteroatoms. The van der Waals surface area contributed by atoms with Gasteiger partial charge in [0.15, 0.2) is 11.5 Å². The molecule has 0 aliphatic rings. The summed E-state index contributed by atoms with van der Waals surface area (Å²) < 4.78 is 21.4. The van der Waals surface area contributed by atoms with Crippen molar-refractivity contribution >= 4 is 0 Å². The Kier molecular flexibility index (Phi) is 11.3. The second-order valence-electron chi connectivity index (χ2n) is 6.86. The molecule has 6 nitrogen and oxygen atoms in total. The minimum Gasteiger partial charge on any atom is -0.493 e. The van der Waals surface area contributed by atoms with Crippen molar-refractivity contribution in [2.45, 2.75) is 32.9 Å². The number of hydrogen-bond donors (Lipinski definition) is 1. The smallest absolute Gasteiger partial charge is 0.161 e. The van der Waals surface area contributed by atoms with Gasteiger partial charge < -0.3 is 24.1 Å². The molecule has 0 aliphatic heterocycles. The molecule has 1 aromatic carbocycles. The first kappa shape index (κ1) is 22.7. The topological polar surface area (TPSA) is 60.4 Å². The van der Waals surface area contributed by atoms with E-state index in [0.29, 0.717) is 50.3 Å². The lowest BCUT2D eigenvalue weighted by Crippen LogP contribution is -2.35. The zero-order valence-corrected chi connectivity index (χ0v) is 16.9. The molecule has 150 valence electrons. The zero-order chi connectivity index (χ0) is 19.4. The van der Waals surface area contributed by atoms with Gasteiger partial charge in [0.1, 0.15) is 0 Å². The predicted octanol–water partition coefficient (Wildman–Crippen LogP) is 2.58. The van der Waals surface area contributed by atoms with Crippen LogP contribution in [0.25, 0.3) is 0 Å². The molecule has 1 rings (SSSR count). The molecule has 0 saturated carbocycles. The van der Waals surface area contributed by atoms with Gasteiger partial charge in [-0.15, -0.1) is 0 Å². The predicted molar refractivity (Wildman–Crippen MR) is 103 cm³/mol. The van der Waals surface area contributed by atoms with Crippen LogP contribution in [0.3, 0.4) is 0 Å². The maximum absolute atomic E-state index is 10.3. The van der Waals surface area contributed by atoms with Gasteiger partial charge in [-0.3, -0.25) is 4.90 Å². The van der Waals surface area contributed by atoms with Crippen LogP contribution in [0.15, 0.2) is 18.2 Å². The molecular weight excluding hydrogens is 334 g/mol. The molecule has 0 unspecified atom stereocenters. The largest absolute Gasteiger partial charge is 0.493 e. The fourth-order valence-corrected chi connectivity index (χ4v) is 2.70. The summed E-state index contributed by atoms with van der Waals surface area (Å²) >= 11 is 0. The number of aliphatic hydroxyl groups is 1.